The molecule has 2 saturated heterocycles. The van der Waals surface area contributed by atoms with Gasteiger partial charge in [0.25, 0.3) is 5.91 Å². The van der Waals surface area contributed by atoms with Crippen LogP contribution in [0, 0.1) is 0 Å². The van der Waals surface area contributed by atoms with Crippen molar-refractivity contribution in [2.75, 3.05) is 36.4 Å². The number of halogens is 4. The van der Waals surface area contributed by atoms with E-state index in [9.17, 15) is 27.9 Å². The summed E-state index contributed by atoms with van der Waals surface area (Å²) in [5, 5.41) is 20.1. The first-order chi connectivity index (χ1) is 18.0. The third-order valence-electron chi connectivity index (χ3n) is 6.57. The van der Waals surface area contributed by atoms with Crippen molar-refractivity contribution < 1.29 is 37.8 Å². The van der Waals surface area contributed by atoms with E-state index >= 15 is 0 Å². The summed E-state index contributed by atoms with van der Waals surface area (Å²) in [6.45, 7) is 4.24. The highest BCUT2D eigenvalue weighted by molar-refractivity contribution is 6.30. The molecule has 3 N–H and O–H groups in total. The number of hydrogen-bond acceptors (Lipinski definition) is 5. The molecule has 0 radical (unpaired) electrons. The number of nitrogens with zero attached hydrogens (tertiary/aromatic N) is 2. The largest absolute Gasteiger partial charge is 0.490 e. The maximum Gasteiger partial charge on any atom is 0.490 e. The number of anilines is 2. The molecule has 0 aromatic heterocycles. The molecular formula is C26H29ClF3N3O5. The molecule has 2 fully saturated rings. The Labute approximate surface area is 223 Å². The van der Waals surface area contributed by atoms with Crippen LogP contribution >= 0.6 is 11.6 Å². The van der Waals surface area contributed by atoms with E-state index < -0.39 is 18.1 Å². The van der Waals surface area contributed by atoms with Crippen LogP contribution in [-0.4, -0.2) is 71.4 Å². The van der Waals surface area contributed by atoms with Crippen LogP contribution in [0.1, 0.15) is 52.8 Å². The Morgan fingerprint density at radius 1 is 0.895 bits per heavy atom. The van der Waals surface area contributed by atoms with E-state index in [0.717, 1.165) is 31.6 Å². The predicted octanol–water partition coefficient (Wildman–Crippen LogP) is 5.38. The molecule has 0 aliphatic carbocycles. The SMILES string of the molecule is O=C(Nc1ccc(N2CCC(N3CCCCC3)CC2)cc1C(=O)O)c1ccc(Cl)cc1.O=C(O)C(F)(F)F. The molecule has 206 valence electrons. The molecule has 0 atom stereocenters. The molecular weight excluding hydrogens is 527 g/mol. The Kier molecular flexibility index (Phi) is 9.98. The van der Waals surface area contributed by atoms with Crippen LogP contribution in [-0.2, 0) is 4.79 Å². The van der Waals surface area contributed by atoms with Crippen LogP contribution in [0.25, 0.3) is 0 Å². The van der Waals surface area contributed by atoms with Crippen molar-refractivity contribution in [2.24, 2.45) is 0 Å². The van der Waals surface area contributed by atoms with E-state index in [1.54, 1.807) is 36.4 Å². The number of hydrogen-bond donors (Lipinski definition) is 3. The van der Waals surface area contributed by atoms with Crippen molar-refractivity contribution in [3.63, 3.8) is 0 Å². The van der Waals surface area contributed by atoms with Gasteiger partial charge in [0.15, 0.2) is 0 Å². The minimum atomic E-state index is -5.08. The number of carbonyl (C=O) groups is 3. The third kappa shape index (κ3) is 8.09. The van der Waals surface area contributed by atoms with Crippen LogP contribution in [0.3, 0.4) is 0 Å². The lowest BCUT2D eigenvalue weighted by molar-refractivity contribution is -0.192. The zero-order valence-electron chi connectivity index (χ0n) is 20.5. The van der Waals surface area contributed by atoms with Crippen molar-refractivity contribution in [1.82, 2.24) is 4.90 Å². The van der Waals surface area contributed by atoms with Crippen LogP contribution in [0.5, 0.6) is 0 Å². The summed E-state index contributed by atoms with van der Waals surface area (Å²) >= 11 is 5.87. The normalized spacial score (nSPS) is 16.8. The second kappa shape index (κ2) is 13.0. The molecule has 8 nitrogen and oxygen atoms in total. The lowest BCUT2D eigenvalue weighted by Gasteiger charge is -2.41. The lowest BCUT2D eigenvalue weighted by Crippen LogP contribution is -2.46. The van der Waals surface area contributed by atoms with E-state index in [0.29, 0.717) is 22.3 Å². The molecule has 2 aromatic carbocycles. The minimum Gasteiger partial charge on any atom is -0.478 e. The number of rotatable bonds is 5. The zero-order chi connectivity index (χ0) is 27.9. The maximum absolute atomic E-state index is 12.5. The van der Waals surface area contributed by atoms with Gasteiger partial charge in [-0.2, -0.15) is 13.2 Å². The molecule has 2 aromatic rings. The average Bonchev–Trinajstić information content (AvgIpc) is 2.89. The number of nitrogens with one attached hydrogen (secondary N) is 1. The molecule has 1 amide bonds. The topological polar surface area (TPSA) is 110 Å². The molecule has 0 unspecified atom stereocenters. The maximum atomic E-state index is 12.5. The van der Waals surface area contributed by atoms with Gasteiger partial charge in [0, 0.05) is 35.4 Å². The highest BCUT2D eigenvalue weighted by Gasteiger charge is 2.38. The van der Waals surface area contributed by atoms with Crippen molar-refractivity contribution in [3.05, 3.63) is 58.6 Å². The number of carboxylic acid groups (broad SMARTS) is 2. The van der Waals surface area contributed by atoms with E-state index in [-0.39, 0.29) is 11.5 Å². The van der Waals surface area contributed by atoms with Crippen LogP contribution in [0.2, 0.25) is 5.02 Å². The van der Waals surface area contributed by atoms with Gasteiger partial charge in [-0.15, -0.1) is 0 Å². The monoisotopic (exact) mass is 555 g/mol. The van der Waals surface area contributed by atoms with Gasteiger partial charge in [-0.25, -0.2) is 9.59 Å². The molecule has 0 bridgehead atoms. The average molecular weight is 556 g/mol. The van der Waals surface area contributed by atoms with Gasteiger partial charge < -0.3 is 25.3 Å². The smallest absolute Gasteiger partial charge is 0.478 e. The van der Waals surface area contributed by atoms with E-state index in [2.05, 4.69) is 15.1 Å². The number of alkyl halides is 3. The van der Waals surface area contributed by atoms with Crippen molar-refractivity contribution in [3.8, 4) is 0 Å². The summed E-state index contributed by atoms with van der Waals surface area (Å²) in [5.74, 6) is -4.18. The molecule has 0 spiro atoms. The Morgan fingerprint density at radius 3 is 2.00 bits per heavy atom. The standard InChI is InChI=1S/C24H28ClN3O3.C2HF3O2/c25-18-6-4-17(5-7-18)23(29)26-22-9-8-20(16-21(22)24(30)31)28-14-10-19(11-15-28)27-12-2-1-3-13-27;3-2(4,5)1(6)7/h4-9,16,19H,1-3,10-15H2,(H,26,29)(H,30,31);(H,6,7). The Hall–Kier alpha value is -3.31. The van der Waals surface area contributed by atoms with Crippen LogP contribution in [0.15, 0.2) is 42.5 Å². The number of likely N-dealkylation sites (tertiary alicyclic amines) is 1. The van der Waals surface area contributed by atoms with Gasteiger partial charge in [-0.05, 0) is 81.2 Å². The Morgan fingerprint density at radius 2 is 1.47 bits per heavy atom. The number of aliphatic carboxylic acids is 1. The number of piperidine rings is 2. The quantitative estimate of drug-likeness (QED) is 0.454. The first-order valence-electron chi connectivity index (χ1n) is 12.2. The first-order valence-corrected chi connectivity index (χ1v) is 12.6. The van der Waals surface area contributed by atoms with Crippen molar-refractivity contribution in [2.45, 2.75) is 44.3 Å². The molecule has 4 rings (SSSR count). The molecule has 2 aliphatic rings. The second-order valence-electron chi connectivity index (χ2n) is 9.11. The molecule has 0 saturated carbocycles. The van der Waals surface area contributed by atoms with Crippen molar-refractivity contribution in [1.29, 1.82) is 0 Å². The number of carboxylic acids is 2. The fourth-order valence-electron chi connectivity index (χ4n) is 4.58. The summed E-state index contributed by atoms with van der Waals surface area (Å²) in [4.78, 5) is 38.2. The minimum absolute atomic E-state index is 0.0953. The van der Waals surface area contributed by atoms with Crippen molar-refractivity contribution >= 4 is 40.8 Å². The van der Waals surface area contributed by atoms with E-state index in [4.69, 9.17) is 21.5 Å². The fourth-order valence-corrected chi connectivity index (χ4v) is 4.71. The first kappa shape index (κ1) is 29.2. The van der Waals surface area contributed by atoms with E-state index in [1.165, 1.54) is 32.4 Å². The number of amides is 1. The molecule has 2 heterocycles. The Bertz CT molecular complexity index is 1130. The highest BCUT2D eigenvalue weighted by Crippen LogP contribution is 2.28. The molecule has 2 aliphatic heterocycles. The number of benzene rings is 2. The van der Waals surface area contributed by atoms with E-state index in [1.807, 2.05) is 6.07 Å². The fraction of sp³-hybridized carbons (Fsp3) is 0.423. The molecule has 12 heteroatoms. The Balaban J connectivity index is 0.000000505. The summed E-state index contributed by atoms with van der Waals surface area (Å²) < 4.78 is 31.7. The van der Waals surface area contributed by atoms with Gasteiger partial charge in [0.1, 0.15) is 0 Å². The predicted molar refractivity (Wildman–Crippen MR) is 137 cm³/mol. The van der Waals surface area contributed by atoms with Gasteiger partial charge in [-0.1, -0.05) is 18.0 Å². The summed E-state index contributed by atoms with van der Waals surface area (Å²) in [7, 11) is 0. The van der Waals surface area contributed by atoms with Crippen LogP contribution in [0.4, 0.5) is 24.5 Å². The summed E-state index contributed by atoms with van der Waals surface area (Å²) in [5.41, 5.74) is 1.70. The third-order valence-corrected chi connectivity index (χ3v) is 6.82. The van der Waals surface area contributed by atoms with Gasteiger partial charge in [0.2, 0.25) is 0 Å². The lowest BCUT2D eigenvalue weighted by atomic mass is 9.99. The summed E-state index contributed by atoms with van der Waals surface area (Å²) in [6, 6.07) is 12.4. The zero-order valence-corrected chi connectivity index (χ0v) is 21.3. The number of carbonyl (C=O) groups excluding carboxylic acids is 1. The van der Waals surface area contributed by atoms with Gasteiger partial charge in [-0.3, -0.25) is 4.79 Å². The van der Waals surface area contributed by atoms with Crippen LogP contribution < -0.4 is 10.2 Å². The highest BCUT2D eigenvalue weighted by atomic mass is 35.5. The van der Waals surface area contributed by atoms with Gasteiger partial charge in [0.05, 0.1) is 11.3 Å². The summed E-state index contributed by atoms with van der Waals surface area (Å²) in [6.07, 6.45) is 1.04. The number of aromatic carboxylic acids is 1. The molecule has 38 heavy (non-hydrogen) atoms. The van der Waals surface area contributed by atoms with Gasteiger partial charge >= 0.3 is 18.1 Å². The second-order valence-corrected chi connectivity index (χ2v) is 9.55.